The Kier molecular flexibility index (Phi) is 5.11. The summed E-state index contributed by atoms with van der Waals surface area (Å²) in [6.45, 7) is 1.88. The minimum Gasteiger partial charge on any atom is -0.477 e. The van der Waals surface area contributed by atoms with Crippen molar-refractivity contribution < 1.29 is 9.90 Å². The van der Waals surface area contributed by atoms with E-state index in [1.165, 1.54) is 0 Å². The van der Waals surface area contributed by atoms with Gasteiger partial charge in [-0.3, -0.25) is 0 Å². The van der Waals surface area contributed by atoms with Crippen molar-refractivity contribution in [1.82, 2.24) is 9.88 Å². The number of nitrogens with zero attached hydrogens (tertiary/aromatic N) is 2. The van der Waals surface area contributed by atoms with Crippen LogP contribution >= 0.6 is 0 Å². The average Bonchev–Trinajstić information content (AvgIpc) is 2.46. The number of rotatable bonds is 7. The summed E-state index contributed by atoms with van der Waals surface area (Å²) in [5, 5.41) is 13.4. The van der Waals surface area contributed by atoms with Gasteiger partial charge in [0.1, 0.15) is 0 Å². The molecule has 0 unspecified atom stereocenters. The minimum absolute atomic E-state index is 0.0736. The zero-order valence-corrected chi connectivity index (χ0v) is 12.5. The monoisotopic (exact) mass is 287 g/mol. The van der Waals surface area contributed by atoms with Crippen LogP contribution in [0, 0.1) is 0 Å². The molecule has 2 rings (SSSR count). The summed E-state index contributed by atoms with van der Waals surface area (Å²) in [5.74, 6) is -1.00. The van der Waals surface area contributed by atoms with Crippen molar-refractivity contribution in [3.63, 3.8) is 0 Å². The van der Waals surface area contributed by atoms with Gasteiger partial charge in [-0.15, -0.1) is 0 Å². The SMILES string of the molecule is CN(C)CCCCNc1cc(C(=O)O)nc2ccccc12. The fourth-order valence-corrected chi connectivity index (χ4v) is 2.21. The molecule has 0 amide bonds. The number of unbranched alkanes of at least 4 members (excludes halogenated alkanes) is 1. The van der Waals surface area contributed by atoms with E-state index < -0.39 is 5.97 Å². The number of aromatic carboxylic acids is 1. The van der Waals surface area contributed by atoms with E-state index in [0.29, 0.717) is 5.52 Å². The first-order valence-corrected chi connectivity index (χ1v) is 7.09. The fourth-order valence-electron chi connectivity index (χ4n) is 2.21. The first-order valence-electron chi connectivity index (χ1n) is 7.09. The van der Waals surface area contributed by atoms with Gasteiger partial charge in [0.2, 0.25) is 0 Å². The Morgan fingerprint density at radius 1 is 1.29 bits per heavy atom. The second-order valence-electron chi connectivity index (χ2n) is 5.31. The molecule has 0 radical (unpaired) electrons. The number of carboxylic acid groups (broad SMARTS) is 1. The number of pyridine rings is 1. The molecule has 1 aromatic heterocycles. The fraction of sp³-hybridized carbons (Fsp3) is 0.375. The van der Waals surface area contributed by atoms with Crippen molar-refractivity contribution >= 4 is 22.6 Å². The third-order valence-electron chi connectivity index (χ3n) is 3.28. The van der Waals surface area contributed by atoms with Gasteiger partial charge < -0.3 is 15.3 Å². The van der Waals surface area contributed by atoms with Gasteiger partial charge in [0.15, 0.2) is 5.69 Å². The molecule has 2 N–H and O–H groups in total. The number of para-hydroxylation sites is 1. The van der Waals surface area contributed by atoms with Crippen molar-refractivity contribution in [1.29, 1.82) is 0 Å². The van der Waals surface area contributed by atoms with Gasteiger partial charge >= 0.3 is 5.97 Å². The van der Waals surface area contributed by atoms with Crippen LogP contribution in [0.15, 0.2) is 30.3 Å². The lowest BCUT2D eigenvalue weighted by molar-refractivity contribution is 0.0691. The molecule has 2 aromatic rings. The van der Waals surface area contributed by atoms with Crippen LogP contribution in [0.4, 0.5) is 5.69 Å². The molecule has 0 saturated heterocycles. The molecule has 0 aliphatic heterocycles. The number of aromatic nitrogens is 1. The van der Waals surface area contributed by atoms with Gasteiger partial charge in [-0.1, -0.05) is 18.2 Å². The molecule has 1 heterocycles. The minimum atomic E-state index is -1.00. The van der Waals surface area contributed by atoms with E-state index in [4.69, 9.17) is 5.11 Å². The second kappa shape index (κ2) is 7.04. The number of fused-ring (bicyclic) bond motifs is 1. The topological polar surface area (TPSA) is 65.5 Å². The lowest BCUT2D eigenvalue weighted by atomic mass is 10.1. The van der Waals surface area contributed by atoms with Gasteiger partial charge in [-0.2, -0.15) is 0 Å². The van der Waals surface area contributed by atoms with E-state index in [9.17, 15) is 4.79 Å². The summed E-state index contributed by atoms with van der Waals surface area (Å²) in [4.78, 5) is 17.5. The van der Waals surface area contributed by atoms with Crippen LogP contribution in [0.25, 0.3) is 10.9 Å². The molecule has 0 spiro atoms. The lowest BCUT2D eigenvalue weighted by Crippen LogP contribution is -2.14. The summed E-state index contributed by atoms with van der Waals surface area (Å²) in [6.07, 6.45) is 2.14. The Hall–Kier alpha value is -2.14. The molecule has 5 heteroatoms. The first kappa shape index (κ1) is 15.3. The maximum atomic E-state index is 11.2. The molecular formula is C16H21N3O2. The largest absolute Gasteiger partial charge is 0.477 e. The van der Waals surface area contributed by atoms with Gasteiger partial charge in [0.05, 0.1) is 5.52 Å². The third kappa shape index (κ3) is 4.16. The number of benzene rings is 1. The van der Waals surface area contributed by atoms with E-state index >= 15 is 0 Å². The summed E-state index contributed by atoms with van der Waals surface area (Å²) in [7, 11) is 4.12. The number of carbonyl (C=O) groups is 1. The molecule has 0 saturated carbocycles. The predicted octanol–water partition coefficient (Wildman–Crippen LogP) is 2.69. The molecule has 0 fully saturated rings. The maximum Gasteiger partial charge on any atom is 0.354 e. The van der Waals surface area contributed by atoms with Crippen molar-refractivity contribution in [3.05, 3.63) is 36.0 Å². The van der Waals surface area contributed by atoms with E-state index in [1.807, 2.05) is 24.3 Å². The van der Waals surface area contributed by atoms with Crippen LogP contribution in [0.3, 0.4) is 0 Å². The van der Waals surface area contributed by atoms with Crippen LogP contribution in [0.1, 0.15) is 23.3 Å². The van der Waals surface area contributed by atoms with Crippen molar-refractivity contribution in [3.8, 4) is 0 Å². The third-order valence-corrected chi connectivity index (χ3v) is 3.28. The van der Waals surface area contributed by atoms with Crippen LogP contribution in [-0.4, -0.2) is 48.1 Å². The van der Waals surface area contributed by atoms with E-state index in [0.717, 1.165) is 37.0 Å². The standard InChI is InChI=1S/C16H21N3O2/c1-19(2)10-6-5-9-17-14-11-15(16(20)21)18-13-8-4-3-7-12(13)14/h3-4,7-8,11H,5-6,9-10H2,1-2H3,(H,17,18)(H,20,21). The van der Waals surface area contributed by atoms with Crippen LogP contribution in [0.5, 0.6) is 0 Å². The highest BCUT2D eigenvalue weighted by molar-refractivity contribution is 5.97. The van der Waals surface area contributed by atoms with Gasteiger partial charge in [-0.05, 0) is 45.6 Å². The Bertz CT molecular complexity index is 626. The molecule has 112 valence electrons. The van der Waals surface area contributed by atoms with E-state index in [2.05, 4.69) is 29.3 Å². The lowest BCUT2D eigenvalue weighted by Gasteiger charge is -2.12. The smallest absolute Gasteiger partial charge is 0.354 e. The highest BCUT2D eigenvalue weighted by Gasteiger charge is 2.10. The maximum absolute atomic E-state index is 11.2. The normalized spacial score (nSPS) is 11.0. The molecule has 5 nitrogen and oxygen atoms in total. The van der Waals surface area contributed by atoms with Gasteiger partial charge in [0.25, 0.3) is 0 Å². The second-order valence-corrected chi connectivity index (χ2v) is 5.31. The molecule has 0 atom stereocenters. The van der Waals surface area contributed by atoms with E-state index in [1.54, 1.807) is 6.07 Å². The number of hydrogen-bond acceptors (Lipinski definition) is 4. The average molecular weight is 287 g/mol. The number of anilines is 1. The van der Waals surface area contributed by atoms with Crippen molar-refractivity contribution in [2.24, 2.45) is 0 Å². The molecule has 0 aliphatic carbocycles. The molecule has 1 aromatic carbocycles. The molecule has 0 bridgehead atoms. The number of hydrogen-bond donors (Lipinski definition) is 2. The Labute approximate surface area is 124 Å². The van der Waals surface area contributed by atoms with Crippen LogP contribution in [0.2, 0.25) is 0 Å². The first-order chi connectivity index (χ1) is 10.1. The summed E-state index contributed by atoms with van der Waals surface area (Å²) < 4.78 is 0. The number of carboxylic acids is 1. The van der Waals surface area contributed by atoms with E-state index in [-0.39, 0.29) is 5.69 Å². The zero-order chi connectivity index (χ0) is 15.2. The van der Waals surface area contributed by atoms with Crippen LogP contribution in [-0.2, 0) is 0 Å². The molecular weight excluding hydrogens is 266 g/mol. The zero-order valence-electron chi connectivity index (χ0n) is 12.5. The van der Waals surface area contributed by atoms with Gasteiger partial charge in [-0.25, -0.2) is 9.78 Å². The summed E-state index contributed by atoms with van der Waals surface area (Å²) in [6, 6.07) is 9.19. The predicted molar refractivity (Wildman–Crippen MR) is 85.0 cm³/mol. The molecule has 0 aliphatic rings. The van der Waals surface area contributed by atoms with Crippen molar-refractivity contribution in [2.45, 2.75) is 12.8 Å². The number of nitrogens with one attached hydrogen (secondary N) is 1. The summed E-state index contributed by atoms with van der Waals surface area (Å²) in [5.41, 5.74) is 1.61. The highest BCUT2D eigenvalue weighted by atomic mass is 16.4. The highest BCUT2D eigenvalue weighted by Crippen LogP contribution is 2.23. The Morgan fingerprint density at radius 2 is 2.05 bits per heavy atom. The van der Waals surface area contributed by atoms with Crippen molar-refractivity contribution in [2.75, 3.05) is 32.5 Å². The quantitative estimate of drug-likeness (QED) is 0.766. The Balaban J connectivity index is 2.12. The van der Waals surface area contributed by atoms with Crippen LogP contribution < -0.4 is 5.32 Å². The van der Waals surface area contributed by atoms with Gasteiger partial charge in [0, 0.05) is 17.6 Å². The summed E-state index contributed by atoms with van der Waals surface area (Å²) >= 11 is 0. The Morgan fingerprint density at radius 3 is 2.76 bits per heavy atom. The molecule has 21 heavy (non-hydrogen) atoms.